The van der Waals surface area contributed by atoms with Crippen LogP contribution in [0.4, 0.5) is 0 Å². The molecule has 1 heterocycles. The zero-order valence-electron chi connectivity index (χ0n) is 15.3. The number of amides is 1. The molecule has 1 amide bonds. The number of benzene rings is 2. The third kappa shape index (κ3) is 3.83. The largest absolute Gasteiger partial charge is 0.347 e. The number of hydrogen-bond acceptors (Lipinski definition) is 2. The van der Waals surface area contributed by atoms with Crippen molar-refractivity contribution in [2.75, 3.05) is 0 Å². The fourth-order valence-electron chi connectivity index (χ4n) is 3.17. The van der Waals surface area contributed by atoms with E-state index in [1.165, 1.54) is 0 Å². The maximum absolute atomic E-state index is 12.5. The van der Waals surface area contributed by atoms with E-state index < -0.39 is 0 Å². The Kier molecular flexibility index (Phi) is 5.53. The first kappa shape index (κ1) is 18.2. The van der Waals surface area contributed by atoms with Gasteiger partial charge in [-0.05, 0) is 24.6 Å². The topological polar surface area (TPSA) is 57.8 Å². The van der Waals surface area contributed by atoms with Crippen LogP contribution in [0.1, 0.15) is 16.8 Å². The standard InChI is InChI=1S/C23H21N3O/c1-3-13-26-17(2)21(20-11-7-8-12-22(20)26)14-19(15-24)23(27)25-16-18-9-5-4-6-10-18/h3-12,14H,1,13,16H2,2H3,(H,25,27)/b19-14-. The van der Waals surface area contributed by atoms with E-state index in [2.05, 4.69) is 16.5 Å². The molecular weight excluding hydrogens is 334 g/mol. The van der Waals surface area contributed by atoms with Gasteiger partial charge in [-0.1, -0.05) is 54.6 Å². The van der Waals surface area contributed by atoms with Crippen molar-refractivity contribution in [1.29, 1.82) is 5.26 Å². The average molecular weight is 355 g/mol. The highest BCUT2D eigenvalue weighted by Gasteiger charge is 2.15. The summed E-state index contributed by atoms with van der Waals surface area (Å²) in [4.78, 5) is 12.5. The Labute approximate surface area is 159 Å². The first-order chi connectivity index (χ1) is 13.2. The Morgan fingerprint density at radius 1 is 1.19 bits per heavy atom. The molecule has 1 N–H and O–H groups in total. The van der Waals surface area contributed by atoms with Gasteiger partial charge < -0.3 is 9.88 Å². The van der Waals surface area contributed by atoms with Crippen molar-refractivity contribution in [3.8, 4) is 6.07 Å². The minimum Gasteiger partial charge on any atom is -0.347 e. The van der Waals surface area contributed by atoms with Gasteiger partial charge in [0.05, 0.1) is 0 Å². The number of nitrogens with one attached hydrogen (secondary N) is 1. The van der Waals surface area contributed by atoms with Gasteiger partial charge in [0.2, 0.25) is 0 Å². The highest BCUT2D eigenvalue weighted by atomic mass is 16.1. The van der Waals surface area contributed by atoms with Gasteiger partial charge in [0.1, 0.15) is 11.6 Å². The lowest BCUT2D eigenvalue weighted by Gasteiger charge is -2.05. The number of hydrogen-bond donors (Lipinski definition) is 1. The molecular formula is C23H21N3O. The van der Waals surface area contributed by atoms with Crippen LogP contribution in [0.25, 0.3) is 17.0 Å². The fraction of sp³-hybridized carbons (Fsp3) is 0.130. The zero-order chi connectivity index (χ0) is 19.2. The molecule has 27 heavy (non-hydrogen) atoms. The molecule has 0 unspecified atom stereocenters. The van der Waals surface area contributed by atoms with Crippen LogP contribution in [-0.2, 0) is 17.9 Å². The molecule has 0 atom stereocenters. The summed E-state index contributed by atoms with van der Waals surface area (Å²) >= 11 is 0. The highest BCUT2D eigenvalue weighted by molar-refractivity contribution is 6.04. The van der Waals surface area contributed by atoms with Crippen LogP contribution in [0.5, 0.6) is 0 Å². The zero-order valence-corrected chi connectivity index (χ0v) is 15.3. The Morgan fingerprint density at radius 3 is 2.59 bits per heavy atom. The lowest BCUT2D eigenvalue weighted by molar-refractivity contribution is -0.117. The first-order valence-corrected chi connectivity index (χ1v) is 8.78. The van der Waals surface area contributed by atoms with Gasteiger partial charge in [-0.3, -0.25) is 4.79 Å². The van der Waals surface area contributed by atoms with Gasteiger partial charge in [-0.25, -0.2) is 0 Å². The molecule has 3 rings (SSSR count). The molecule has 0 radical (unpaired) electrons. The van der Waals surface area contributed by atoms with Gasteiger partial charge in [0.25, 0.3) is 5.91 Å². The third-order valence-electron chi connectivity index (χ3n) is 4.54. The maximum Gasteiger partial charge on any atom is 0.262 e. The molecule has 134 valence electrons. The summed E-state index contributed by atoms with van der Waals surface area (Å²) < 4.78 is 2.13. The van der Waals surface area contributed by atoms with Crippen molar-refractivity contribution in [3.05, 3.63) is 89.6 Å². The van der Waals surface area contributed by atoms with Crippen LogP contribution in [-0.4, -0.2) is 10.5 Å². The van der Waals surface area contributed by atoms with Crippen LogP contribution in [0.15, 0.2) is 72.8 Å². The molecule has 0 aliphatic rings. The number of rotatable bonds is 6. The molecule has 0 bridgehead atoms. The SMILES string of the molecule is C=CCn1c(C)c(/C=C(/C#N)C(=O)NCc2ccccc2)c2ccccc21. The van der Waals surface area contributed by atoms with E-state index in [0.717, 1.165) is 27.7 Å². The Bertz CT molecular complexity index is 1050. The van der Waals surface area contributed by atoms with E-state index in [0.29, 0.717) is 13.1 Å². The second-order valence-electron chi connectivity index (χ2n) is 6.25. The summed E-state index contributed by atoms with van der Waals surface area (Å²) in [6.07, 6.45) is 3.52. The summed E-state index contributed by atoms with van der Waals surface area (Å²) in [7, 11) is 0. The van der Waals surface area contributed by atoms with Gasteiger partial charge in [0, 0.05) is 35.2 Å². The summed E-state index contributed by atoms with van der Waals surface area (Å²) in [6.45, 7) is 6.86. The highest BCUT2D eigenvalue weighted by Crippen LogP contribution is 2.28. The fourth-order valence-corrected chi connectivity index (χ4v) is 3.17. The lowest BCUT2D eigenvalue weighted by atomic mass is 10.1. The minimum absolute atomic E-state index is 0.0931. The summed E-state index contributed by atoms with van der Waals surface area (Å²) in [5.41, 5.74) is 4.03. The van der Waals surface area contributed by atoms with Crippen LogP contribution in [0, 0.1) is 18.3 Å². The minimum atomic E-state index is -0.374. The molecule has 0 fully saturated rings. The number of nitriles is 1. The smallest absolute Gasteiger partial charge is 0.262 e. The van der Waals surface area contributed by atoms with Gasteiger partial charge in [-0.2, -0.15) is 5.26 Å². The van der Waals surface area contributed by atoms with Crippen molar-refractivity contribution in [3.63, 3.8) is 0 Å². The van der Waals surface area contributed by atoms with E-state index in [9.17, 15) is 10.1 Å². The summed E-state index contributed by atoms with van der Waals surface area (Å²) in [6, 6.07) is 19.6. The predicted octanol–water partition coefficient (Wildman–Crippen LogP) is 4.36. The molecule has 0 aliphatic carbocycles. The number of fused-ring (bicyclic) bond motifs is 1. The number of para-hydroxylation sites is 1. The van der Waals surface area contributed by atoms with Crippen molar-refractivity contribution >= 4 is 22.9 Å². The van der Waals surface area contributed by atoms with Crippen LogP contribution in [0.3, 0.4) is 0 Å². The van der Waals surface area contributed by atoms with Gasteiger partial charge in [0.15, 0.2) is 0 Å². The van der Waals surface area contributed by atoms with Crippen molar-refractivity contribution in [2.45, 2.75) is 20.0 Å². The molecule has 3 aromatic rings. The maximum atomic E-state index is 12.5. The van der Waals surface area contributed by atoms with E-state index in [4.69, 9.17) is 0 Å². The van der Waals surface area contributed by atoms with E-state index in [1.807, 2.05) is 73.7 Å². The second kappa shape index (κ2) is 8.20. The monoisotopic (exact) mass is 355 g/mol. The van der Waals surface area contributed by atoms with E-state index >= 15 is 0 Å². The van der Waals surface area contributed by atoms with Gasteiger partial charge in [-0.15, -0.1) is 6.58 Å². The van der Waals surface area contributed by atoms with Gasteiger partial charge >= 0.3 is 0 Å². The molecule has 0 spiro atoms. The van der Waals surface area contributed by atoms with Crippen LogP contribution < -0.4 is 5.32 Å². The number of allylic oxidation sites excluding steroid dienone is 1. The molecule has 4 heteroatoms. The number of carbonyl (C=O) groups is 1. The Morgan fingerprint density at radius 2 is 1.89 bits per heavy atom. The molecule has 2 aromatic carbocycles. The molecule has 0 saturated carbocycles. The normalized spacial score (nSPS) is 11.2. The summed E-state index contributed by atoms with van der Waals surface area (Å²) in [5.74, 6) is -0.374. The summed E-state index contributed by atoms with van der Waals surface area (Å²) in [5, 5.41) is 13.4. The third-order valence-corrected chi connectivity index (χ3v) is 4.54. The predicted molar refractivity (Wildman–Crippen MR) is 109 cm³/mol. The van der Waals surface area contributed by atoms with Crippen molar-refractivity contribution in [2.24, 2.45) is 0 Å². The first-order valence-electron chi connectivity index (χ1n) is 8.78. The molecule has 1 aromatic heterocycles. The van der Waals surface area contributed by atoms with Crippen LogP contribution >= 0.6 is 0 Å². The van der Waals surface area contributed by atoms with Crippen LogP contribution in [0.2, 0.25) is 0 Å². The van der Waals surface area contributed by atoms with E-state index in [1.54, 1.807) is 6.08 Å². The second-order valence-corrected chi connectivity index (χ2v) is 6.25. The molecule has 0 saturated heterocycles. The molecule has 4 nitrogen and oxygen atoms in total. The number of aromatic nitrogens is 1. The number of carbonyl (C=O) groups excluding carboxylic acids is 1. The Hall–Kier alpha value is -3.58. The van der Waals surface area contributed by atoms with Crippen molar-refractivity contribution in [1.82, 2.24) is 9.88 Å². The molecule has 0 aliphatic heterocycles. The van der Waals surface area contributed by atoms with E-state index in [-0.39, 0.29) is 11.5 Å². The average Bonchev–Trinajstić information content (AvgIpc) is 2.97. The van der Waals surface area contributed by atoms with Crippen molar-refractivity contribution < 1.29 is 4.79 Å². The number of nitrogens with zero attached hydrogens (tertiary/aromatic N) is 2. The quantitative estimate of drug-likeness (QED) is 0.406. The lowest BCUT2D eigenvalue weighted by Crippen LogP contribution is -2.23. The Balaban J connectivity index is 1.94.